The van der Waals surface area contributed by atoms with Crippen molar-refractivity contribution < 1.29 is 23.4 Å². The van der Waals surface area contributed by atoms with E-state index in [1.54, 1.807) is 6.07 Å². The Kier molecular flexibility index (Phi) is 4.06. The number of aromatic nitrogens is 1. The summed E-state index contributed by atoms with van der Waals surface area (Å²) in [5.74, 6) is 0.00722. The lowest BCUT2D eigenvalue weighted by Crippen LogP contribution is -2.70. The van der Waals surface area contributed by atoms with Gasteiger partial charge in [0.25, 0.3) is 0 Å². The molecule has 0 aliphatic heterocycles. The van der Waals surface area contributed by atoms with Crippen LogP contribution in [0.5, 0.6) is 5.75 Å². The Morgan fingerprint density at radius 2 is 2.00 bits per heavy atom. The van der Waals surface area contributed by atoms with Gasteiger partial charge < -0.3 is 20.7 Å². The largest absolute Gasteiger partial charge is 0.630 e. The molecule has 1 heterocycles. The molecule has 0 radical (unpaired) electrons. The highest BCUT2D eigenvalue weighted by Gasteiger charge is 2.31. The zero-order valence-corrected chi connectivity index (χ0v) is 10.0. The number of nitrogens with zero attached hydrogens (tertiary/aromatic N) is 1. The molecule has 3 N–H and O–H groups in total. The molecule has 1 aromatic heterocycles. The van der Waals surface area contributed by atoms with Crippen LogP contribution >= 0.6 is 0 Å². The van der Waals surface area contributed by atoms with E-state index in [0.29, 0.717) is 22.7 Å². The van der Waals surface area contributed by atoms with Crippen molar-refractivity contribution in [2.45, 2.75) is 6.36 Å². The van der Waals surface area contributed by atoms with Crippen LogP contribution in [-0.4, -0.2) is 11.3 Å². The van der Waals surface area contributed by atoms with Gasteiger partial charge in [0.15, 0.2) is 0 Å². The summed E-state index contributed by atoms with van der Waals surface area (Å²) >= 11 is 0. The van der Waals surface area contributed by atoms with Gasteiger partial charge in [-0.15, -0.1) is 13.2 Å². The lowest BCUT2D eigenvalue weighted by atomic mass is 10.3. The summed E-state index contributed by atoms with van der Waals surface area (Å²) < 4.78 is 40.1. The summed E-state index contributed by atoms with van der Waals surface area (Å²) in [6.07, 6.45) is -3.32. The summed E-state index contributed by atoms with van der Waals surface area (Å²) in [6, 6.07) is 8.33. The SMILES string of the molecule is [O-][NH2+]c1ccnc(Nc2cccc(OC(F)(F)F)c2)c1. The molecule has 0 fully saturated rings. The summed E-state index contributed by atoms with van der Waals surface area (Å²) in [5, 5.41) is 13.4. The van der Waals surface area contributed by atoms with Crippen molar-refractivity contribution in [3.63, 3.8) is 0 Å². The fraction of sp³-hybridized carbons (Fsp3) is 0.0833. The van der Waals surface area contributed by atoms with Crippen LogP contribution in [-0.2, 0) is 0 Å². The molecule has 0 bridgehead atoms. The molecule has 106 valence electrons. The normalized spacial score (nSPS) is 11.2. The van der Waals surface area contributed by atoms with Crippen LogP contribution in [0.1, 0.15) is 0 Å². The number of nitrogens with one attached hydrogen (secondary N) is 1. The van der Waals surface area contributed by atoms with Crippen LogP contribution < -0.4 is 15.5 Å². The lowest BCUT2D eigenvalue weighted by Gasteiger charge is -2.11. The van der Waals surface area contributed by atoms with Crippen LogP contribution in [0.15, 0.2) is 42.6 Å². The number of benzene rings is 1. The van der Waals surface area contributed by atoms with Crippen molar-refractivity contribution in [1.82, 2.24) is 4.98 Å². The number of hydrogen-bond donors (Lipinski definition) is 2. The van der Waals surface area contributed by atoms with E-state index in [1.807, 2.05) is 0 Å². The maximum Gasteiger partial charge on any atom is 0.573 e. The van der Waals surface area contributed by atoms with Gasteiger partial charge in [0.1, 0.15) is 17.3 Å². The quantitative estimate of drug-likeness (QED) is 0.846. The van der Waals surface area contributed by atoms with E-state index in [-0.39, 0.29) is 5.75 Å². The molecule has 0 spiro atoms. The Labute approximate surface area is 112 Å². The first-order valence-corrected chi connectivity index (χ1v) is 5.50. The van der Waals surface area contributed by atoms with E-state index < -0.39 is 6.36 Å². The highest BCUT2D eigenvalue weighted by molar-refractivity contribution is 5.59. The van der Waals surface area contributed by atoms with Crippen LogP contribution in [0, 0.1) is 5.21 Å². The second-order valence-electron chi connectivity index (χ2n) is 3.79. The Hall–Kier alpha value is -2.32. The van der Waals surface area contributed by atoms with Gasteiger partial charge in [0, 0.05) is 30.1 Å². The fourth-order valence-corrected chi connectivity index (χ4v) is 1.51. The number of quaternary nitrogens is 1. The van der Waals surface area contributed by atoms with E-state index in [2.05, 4.69) is 15.0 Å². The fourth-order valence-electron chi connectivity index (χ4n) is 1.51. The predicted octanol–water partition coefficient (Wildman–Crippen LogP) is 2.42. The molecule has 0 saturated carbocycles. The average Bonchev–Trinajstić information content (AvgIpc) is 2.37. The number of hydrogen-bond acceptors (Lipinski definition) is 4. The first-order chi connectivity index (χ1) is 9.46. The highest BCUT2D eigenvalue weighted by atomic mass is 19.4. The monoisotopic (exact) mass is 285 g/mol. The van der Waals surface area contributed by atoms with Crippen LogP contribution in [0.2, 0.25) is 0 Å². The molecule has 2 aromatic rings. The van der Waals surface area contributed by atoms with Crippen LogP contribution in [0.3, 0.4) is 0 Å². The third-order valence-electron chi connectivity index (χ3n) is 2.26. The molecule has 8 heteroatoms. The van der Waals surface area contributed by atoms with E-state index in [4.69, 9.17) is 0 Å². The van der Waals surface area contributed by atoms with Gasteiger partial charge in [-0.25, -0.2) is 4.98 Å². The molecule has 0 atom stereocenters. The summed E-state index contributed by atoms with van der Waals surface area (Å²) in [6.45, 7) is 0. The van der Waals surface area contributed by atoms with Crippen LogP contribution in [0.25, 0.3) is 0 Å². The lowest BCUT2D eigenvalue weighted by molar-refractivity contribution is -0.497. The number of nitrogens with two attached hydrogens (primary N) is 1. The minimum atomic E-state index is -4.74. The van der Waals surface area contributed by atoms with Crippen LogP contribution in [0.4, 0.5) is 30.4 Å². The average molecular weight is 285 g/mol. The molecule has 2 rings (SSSR count). The number of rotatable bonds is 4. The Bertz CT molecular complexity index is 590. The number of alkyl halides is 3. The highest BCUT2D eigenvalue weighted by Crippen LogP contribution is 2.26. The maximum absolute atomic E-state index is 12.1. The topological polar surface area (TPSA) is 73.8 Å². The van der Waals surface area contributed by atoms with Gasteiger partial charge in [0.05, 0.1) is 0 Å². The Morgan fingerprint density at radius 3 is 2.70 bits per heavy atom. The second kappa shape index (κ2) is 5.76. The van der Waals surface area contributed by atoms with Gasteiger partial charge in [-0.05, 0) is 12.1 Å². The number of anilines is 2. The van der Waals surface area contributed by atoms with Crippen molar-refractivity contribution in [3.8, 4) is 5.75 Å². The molecule has 0 aliphatic rings. The summed E-state index contributed by atoms with van der Waals surface area (Å²) in [5.41, 5.74) is 1.42. The van der Waals surface area contributed by atoms with Crippen molar-refractivity contribution in [2.24, 2.45) is 0 Å². The minimum absolute atomic E-state index is 0.339. The van der Waals surface area contributed by atoms with Gasteiger partial charge in [-0.2, -0.15) is 0 Å². The second-order valence-corrected chi connectivity index (χ2v) is 3.79. The third-order valence-corrected chi connectivity index (χ3v) is 2.26. The molecule has 5 nitrogen and oxygen atoms in total. The van der Waals surface area contributed by atoms with E-state index in [0.717, 1.165) is 0 Å². The first-order valence-electron chi connectivity index (χ1n) is 5.50. The van der Waals surface area contributed by atoms with Gasteiger partial charge in [-0.3, -0.25) is 0 Å². The Morgan fingerprint density at radius 1 is 1.20 bits per heavy atom. The minimum Gasteiger partial charge on any atom is -0.630 e. The molecule has 0 saturated heterocycles. The summed E-state index contributed by atoms with van der Waals surface area (Å²) in [7, 11) is 0. The van der Waals surface area contributed by atoms with E-state index >= 15 is 0 Å². The third kappa shape index (κ3) is 4.11. The van der Waals surface area contributed by atoms with Gasteiger partial charge >= 0.3 is 6.36 Å². The smallest absolute Gasteiger partial charge is 0.573 e. The zero-order valence-electron chi connectivity index (χ0n) is 10.0. The van der Waals surface area contributed by atoms with E-state index in [9.17, 15) is 18.4 Å². The maximum atomic E-state index is 12.1. The number of ether oxygens (including phenoxy) is 1. The molecule has 0 amide bonds. The van der Waals surface area contributed by atoms with Crippen molar-refractivity contribution >= 4 is 17.2 Å². The van der Waals surface area contributed by atoms with Crippen molar-refractivity contribution in [1.29, 1.82) is 0 Å². The van der Waals surface area contributed by atoms with Gasteiger partial charge in [0.2, 0.25) is 0 Å². The zero-order chi connectivity index (χ0) is 14.6. The molecular formula is C12H10F3N3O2. The molecule has 1 aromatic carbocycles. The summed E-state index contributed by atoms with van der Waals surface area (Å²) in [4.78, 5) is 3.95. The van der Waals surface area contributed by atoms with E-state index in [1.165, 1.54) is 36.5 Å². The standard InChI is InChI=1S/C12H10F3N3O2/c13-12(14,15)20-10-3-1-2-8(6-10)17-11-7-9(18-19)4-5-16-11/h1-7H,18H2,(H,16,17). The number of halogens is 3. The Balaban J connectivity index is 2.15. The van der Waals surface area contributed by atoms with Crippen molar-refractivity contribution in [2.75, 3.05) is 5.32 Å². The van der Waals surface area contributed by atoms with Gasteiger partial charge in [-0.1, -0.05) is 6.07 Å². The van der Waals surface area contributed by atoms with Crippen molar-refractivity contribution in [3.05, 3.63) is 47.8 Å². The first kappa shape index (κ1) is 14.1. The predicted molar refractivity (Wildman–Crippen MR) is 65.6 cm³/mol. The number of pyridine rings is 1. The molecule has 20 heavy (non-hydrogen) atoms. The molecule has 0 aliphatic carbocycles. The molecule has 0 unspecified atom stereocenters. The molecular weight excluding hydrogens is 275 g/mol.